The molecule has 0 saturated carbocycles. The summed E-state index contributed by atoms with van der Waals surface area (Å²) in [6.45, 7) is -3.08. The number of rotatable bonds is 9. The first kappa shape index (κ1) is 20.3. The molecule has 2 atom stereocenters. The minimum atomic E-state index is -5.23. The molecule has 0 saturated heterocycles. The maximum atomic E-state index is 11.5. The van der Waals surface area contributed by atoms with Gasteiger partial charge in [-0.15, -0.1) is 0 Å². The Morgan fingerprint density at radius 3 is 1.81 bits per heavy atom. The second kappa shape index (κ2) is 7.03. The van der Waals surface area contributed by atoms with Gasteiger partial charge in [-0.05, 0) is 0 Å². The number of aliphatic carboxylic acids is 1. The first-order valence-electron chi connectivity index (χ1n) is 4.77. The molecule has 0 bridgehead atoms. The molecule has 0 aliphatic heterocycles. The lowest BCUT2D eigenvalue weighted by Crippen LogP contribution is -2.55. The van der Waals surface area contributed by atoms with E-state index >= 15 is 0 Å². The van der Waals surface area contributed by atoms with Crippen LogP contribution in [0.2, 0.25) is 0 Å². The Kier molecular flexibility index (Phi) is 6.79. The number of hydrogen-bond acceptors (Lipinski definition) is 8. The zero-order chi connectivity index (χ0) is 17.1. The zero-order valence-electron chi connectivity index (χ0n) is 9.97. The molecule has 13 nitrogen and oxygen atoms in total. The summed E-state index contributed by atoms with van der Waals surface area (Å²) >= 11 is 0. The van der Waals surface area contributed by atoms with Crippen molar-refractivity contribution in [3.8, 4) is 0 Å². The Labute approximate surface area is 116 Å². The third-order valence-electron chi connectivity index (χ3n) is 1.91. The fraction of sp³-hybridized carbons (Fsp3) is 0.667. The third-order valence-corrected chi connectivity index (χ3v) is 2.86. The van der Waals surface area contributed by atoms with Gasteiger partial charge in [0.2, 0.25) is 11.4 Å². The van der Waals surface area contributed by atoms with Gasteiger partial charge in [-0.25, -0.2) is 13.9 Å². The monoisotopic (exact) mass is 354 g/mol. The van der Waals surface area contributed by atoms with Crippen LogP contribution in [0.25, 0.3) is 0 Å². The Morgan fingerprint density at radius 1 is 1.05 bits per heavy atom. The molecule has 21 heavy (non-hydrogen) atoms. The van der Waals surface area contributed by atoms with Gasteiger partial charge in [-0.3, -0.25) is 13.8 Å². The van der Waals surface area contributed by atoms with Crippen molar-refractivity contribution in [3.63, 3.8) is 0 Å². The minimum absolute atomic E-state index is 1.37. The van der Waals surface area contributed by atoms with Gasteiger partial charge in [-0.2, -0.15) is 0 Å². The molecule has 0 spiro atoms. The molecule has 0 radical (unpaired) electrons. The lowest BCUT2D eigenvalue weighted by Gasteiger charge is -2.24. The predicted molar refractivity (Wildman–Crippen MR) is 59.6 cm³/mol. The van der Waals surface area contributed by atoms with Crippen molar-refractivity contribution >= 4 is 27.4 Å². The van der Waals surface area contributed by atoms with Gasteiger partial charge in [0.1, 0.15) is 12.7 Å². The van der Waals surface area contributed by atoms with Crippen molar-refractivity contribution in [2.24, 2.45) is 0 Å². The second-order valence-electron chi connectivity index (χ2n) is 3.60. The van der Waals surface area contributed by atoms with Crippen molar-refractivity contribution in [1.82, 2.24) is 0 Å². The number of aliphatic hydroxyl groups excluding tert-OH is 1. The number of aliphatic hydroxyl groups is 2. The second-order valence-corrected chi connectivity index (χ2v) is 6.07. The normalized spacial score (nSPS) is 17.0. The van der Waals surface area contributed by atoms with Gasteiger partial charge >= 0.3 is 21.6 Å². The van der Waals surface area contributed by atoms with E-state index in [0.717, 1.165) is 0 Å². The first-order chi connectivity index (χ1) is 9.19. The summed E-state index contributed by atoms with van der Waals surface area (Å²) in [6.07, 6.45) is -2.50. The number of carboxylic acid groups (broad SMARTS) is 1. The molecule has 0 aromatic carbocycles. The molecule has 0 aliphatic rings. The molecule has 124 valence electrons. The molecule has 15 heteroatoms. The van der Waals surface area contributed by atoms with Gasteiger partial charge in [0.25, 0.3) is 0 Å². The standard InChI is InChI=1S/C6H12O13P2/c7-3(1-18-20(12,13)14)4(8)6(11,5(9)10)2-19-21(15,16)17/h3,7,11H,1-2H2,(H,9,10)(H2,12,13,14)(H2,15,16,17). The first-order valence-corrected chi connectivity index (χ1v) is 7.83. The summed E-state index contributed by atoms with van der Waals surface area (Å²) in [7, 11) is -10.3. The zero-order valence-corrected chi connectivity index (χ0v) is 11.8. The fourth-order valence-corrected chi connectivity index (χ4v) is 1.63. The van der Waals surface area contributed by atoms with Crippen LogP contribution in [0.4, 0.5) is 0 Å². The Hall–Kier alpha value is -0.720. The number of Topliss-reactive ketones (excluding diaryl/α,β-unsaturated/α-hetero) is 1. The topological polar surface area (TPSA) is 228 Å². The summed E-state index contributed by atoms with van der Waals surface area (Å²) in [5.74, 6) is -4.26. The number of phosphoric acid groups is 2. The molecule has 0 aromatic heterocycles. The van der Waals surface area contributed by atoms with Crippen molar-refractivity contribution in [2.45, 2.75) is 11.7 Å². The largest absolute Gasteiger partial charge is 0.479 e. The van der Waals surface area contributed by atoms with Gasteiger partial charge in [0.15, 0.2) is 0 Å². The lowest BCUT2D eigenvalue weighted by molar-refractivity contribution is -0.173. The maximum absolute atomic E-state index is 11.5. The van der Waals surface area contributed by atoms with E-state index in [9.17, 15) is 28.9 Å². The summed E-state index contributed by atoms with van der Waals surface area (Å²) in [5, 5.41) is 27.4. The molecule has 7 N–H and O–H groups in total. The number of carbonyl (C=O) groups excluding carboxylic acids is 1. The molecule has 0 fully saturated rings. The highest BCUT2D eigenvalue weighted by Crippen LogP contribution is 2.38. The Balaban J connectivity index is 5.02. The number of hydrogen-bond donors (Lipinski definition) is 7. The van der Waals surface area contributed by atoms with Gasteiger partial charge in [0, 0.05) is 0 Å². The van der Waals surface area contributed by atoms with Crippen LogP contribution >= 0.6 is 15.6 Å². The van der Waals surface area contributed by atoms with Gasteiger partial charge < -0.3 is 34.9 Å². The quantitative estimate of drug-likeness (QED) is 0.161. The summed E-state index contributed by atoms with van der Waals surface area (Å²) in [6, 6.07) is 0. The molecule has 2 unspecified atom stereocenters. The lowest BCUT2D eigenvalue weighted by atomic mass is 9.96. The number of ketones is 1. The van der Waals surface area contributed by atoms with Crippen LogP contribution in [0.15, 0.2) is 0 Å². The van der Waals surface area contributed by atoms with Crippen LogP contribution in [0, 0.1) is 0 Å². The highest BCUT2D eigenvalue weighted by Gasteiger charge is 2.49. The molecule has 0 aromatic rings. The van der Waals surface area contributed by atoms with Crippen LogP contribution in [-0.4, -0.2) is 71.6 Å². The van der Waals surface area contributed by atoms with Crippen molar-refractivity contribution in [2.75, 3.05) is 13.2 Å². The van der Waals surface area contributed by atoms with Crippen LogP contribution in [0.3, 0.4) is 0 Å². The highest BCUT2D eigenvalue weighted by molar-refractivity contribution is 7.46. The fourth-order valence-electron chi connectivity index (χ4n) is 0.935. The number of carbonyl (C=O) groups is 2. The Bertz CT molecular complexity index is 489. The van der Waals surface area contributed by atoms with Gasteiger partial charge in [-0.1, -0.05) is 0 Å². The van der Waals surface area contributed by atoms with Crippen molar-refractivity contribution in [3.05, 3.63) is 0 Å². The molecular formula is C6H12O13P2. The maximum Gasteiger partial charge on any atom is 0.469 e. The molecule has 0 aliphatic carbocycles. The average molecular weight is 354 g/mol. The van der Waals surface area contributed by atoms with Crippen LogP contribution in [-0.2, 0) is 27.8 Å². The van der Waals surface area contributed by atoms with Gasteiger partial charge in [0.05, 0.1) is 6.61 Å². The van der Waals surface area contributed by atoms with E-state index in [2.05, 4.69) is 9.05 Å². The predicted octanol–water partition coefficient (Wildman–Crippen LogP) is -3.05. The molecule has 0 amide bonds. The SMILES string of the molecule is O=C(O)C(O)(COP(=O)(O)O)C(=O)C(O)COP(=O)(O)O. The summed E-state index contributed by atoms with van der Waals surface area (Å²) in [4.78, 5) is 55.7. The van der Waals surface area contributed by atoms with E-state index in [1.165, 1.54) is 0 Å². The van der Waals surface area contributed by atoms with E-state index in [0.29, 0.717) is 0 Å². The van der Waals surface area contributed by atoms with E-state index in [1.807, 2.05) is 0 Å². The van der Waals surface area contributed by atoms with Crippen LogP contribution < -0.4 is 0 Å². The summed E-state index contributed by atoms with van der Waals surface area (Å²) < 4.78 is 28.2. The average Bonchev–Trinajstić information content (AvgIpc) is 2.29. The van der Waals surface area contributed by atoms with Crippen LogP contribution in [0.5, 0.6) is 0 Å². The smallest absolute Gasteiger partial charge is 0.469 e. The van der Waals surface area contributed by atoms with E-state index in [4.69, 9.17) is 24.7 Å². The van der Waals surface area contributed by atoms with E-state index in [1.54, 1.807) is 0 Å². The third kappa shape index (κ3) is 7.20. The van der Waals surface area contributed by atoms with E-state index < -0.39 is 52.3 Å². The molecular weight excluding hydrogens is 342 g/mol. The van der Waals surface area contributed by atoms with E-state index in [-0.39, 0.29) is 0 Å². The summed E-state index contributed by atoms with van der Waals surface area (Å²) in [5.41, 5.74) is -3.56. The minimum Gasteiger partial charge on any atom is -0.479 e. The highest BCUT2D eigenvalue weighted by atomic mass is 31.2. The van der Waals surface area contributed by atoms with Crippen molar-refractivity contribution in [1.29, 1.82) is 0 Å². The molecule has 0 rings (SSSR count). The van der Waals surface area contributed by atoms with Crippen molar-refractivity contribution < 1.29 is 62.7 Å². The number of phosphoric ester groups is 2. The Morgan fingerprint density at radius 2 is 1.48 bits per heavy atom. The van der Waals surface area contributed by atoms with Crippen LogP contribution in [0.1, 0.15) is 0 Å². The molecule has 0 heterocycles. The number of carboxylic acids is 1.